The molecule has 2 aromatic rings. The molecule has 1 saturated heterocycles. The Hall–Kier alpha value is -2.71. The smallest absolute Gasteiger partial charge is 0.321 e. The molecule has 2 aliphatic rings. The first-order chi connectivity index (χ1) is 16.5. The maximum atomic E-state index is 12.9. The van der Waals surface area contributed by atoms with Crippen LogP contribution < -0.4 is 14.8 Å². The topological polar surface area (TPSA) is 75.5 Å². The van der Waals surface area contributed by atoms with Crippen molar-refractivity contribution in [2.75, 3.05) is 38.4 Å². The third-order valence-electron chi connectivity index (χ3n) is 5.89. The fourth-order valence-electron chi connectivity index (χ4n) is 4.02. The van der Waals surface area contributed by atoms with Gasteiger partial charge in [0.05, 0.1) is 25.6 Å². The number of piperidine rings is 1. The van der Waals surface area contributed by atoms with Gasteiger partial charge < -0.3 is 19.7 Å². The number of benzene rings is 2. The number of hydrogen-bond acceptors (Lipinski definition) is 6. The number of aliphatic imine (C=N–C) groups is 2. The third-order valence-corrected chi connectivity index (χ3v) is 7.30. The van der Waals surface area contributed by atoms with Crippen LogP contribution in [0.1, 0.15) is 31.7 Å². The quantitative estimate of drug-likeness (QED) is 0.550. The maximum Gasteiger partial charge on any atom is 0.321 e. The highest BCUT2D eigenvalue weighted by molar-refractivity contribution is 8.15. The molecule has 9 heteroatoms. The summed E-state index contributed by atoms with van der Waals surface area (Å²) < 4.78 is 10.6. The van der Waals surface area contributed by atoms with E-state index in [1.54, 1.807) is 49.1 Å². The van der Waals surface area contributed by atoms with Crippen LogP contribution in [0.4, 0.5) is 10.5 Å². The summed E-state index contributed by atoms with van der Waals surface area (Å²) in [7, 11) is 3.22. The number of ether oxygens (including phenoxy) is 2. The van der Waals surface area contributed by atoms with Crippen LogP contribution in [0.15, 0.2) is 52.4 Å². The van der Waals surface area contributed by atoms with E-state index in [0.29, 0.717) is 42.4 Å². The molecule has 2 heterocycles. The first-order valence-electron chi connectivity index (χ1n) is 11.3. The summed E-state index contributed by atoms with van der Waals surface area (Å²) in [5.41, 5.74) is 2.00. The highest BCUT2D eigenvalue weighted by Crippen LogP contribution is 2.36. The van der Waals surface area contributed by atoms with E-state index in [1.807, 2.05) is 24.3 Å². The third kappa shape index (κ3) is 5.33. The zero-order valence-corrected chi connectivity index (χ0v) is 21.2. The van der Waals surface area contributed by atoms with E-state index in [4.69, 9.17) is 31.1 Å². The van der Waals surface area contributed by atoms with Crippen molar-refractivity contribution in [1.82, 2.24) is 4.90 Å². The minimum absolute atomic E-state index is 0.183. The molecular formula is C25H29ClN4O3S. The number of urea groups is 1. The van der Waals surface area contributed by atoms with Crippen molar-refractivity contribution in [1.29, 1.82) is 0 Å². The summed E-state index contributed by atoms with van der Waals surface area (Å²) in [6.07, 6.45) is 2.40. The Labute approximate surface area is 209 Å². The van der Waals surface area contributed by atoms with Crippen LogP contribution in [-0.4, -0.2) is 60.4 Å². The number of anilines is 1. The van der Waals surface area contributed by atoms with E-state index in [1.165, 1.54) is 0 Å². The Morgan fingerprint density at radius 1 is 1.12 bits per heavy atom. The van der Waals surface area contributed by atoms with E-state index in [0.717, 1.165) is 34.2 Å². The van der Waals surface area contributed by atoms with E-state index in [2.05, 4.69) is 12.2 Å². The average Bonchev–Trinajstić information content (AvgIpc) is 3.21. The predicted octanol–water partition coefficient (Wildman–Crippen LogP) is 5.73. The summed E-state index contributed by atoms with van der Waals surface area (Å²) in [6, 6.07) is 12.9. The second-order valence-corrected chi connectivity index (χ2v) is 9.72. The van der Waals surface area contributed by atoms with Crippen molar-refractivity contribution in [3.63, 3.8) is 0 Å². The van der Waals surface area contributed by atoms with E-state index >= 15 is 0 Å². The fourth-order valence-corrected chi connectivity index (χ4v) is 5.13. The average molecular weight is 501 g/mol. The molecule has 1 spiro atoms. The highest BCUT2D eigenvalue weighted by Gasteiger charge is 2.40. The largest absolute Gasteiger partial charge is 0.497 e. The molecule has 7 nitrogen and oxygen atoms in total. The number of nitrogens with one attached hydrogen (secondary N) is 1. The molecular weight excluding hydrogens is 472 g/mol. The maximum absolute atomic E-state index is 12.9. The number of carbonyl (C=O) groups excluding carboxylic acids is 1. The highest BCUT2D eigenvalue weighted by atomic mass is 35.5. The van der Waals surface area contributed by atoms with Crippen LogP contribution >= 0.6 is 23.4 Å². The van der Waals surface area contributed by atoms with Crippen LogP contribution in [-0.2, 0) is 0 Å². The lowest BCUT2D eigenvalue weighted by Gasteiger charge is -2.35. The van der Waals surface area contributed by atoms with E-state index < -0.39 is 5.66 Å². The first-order valence-corrected chi connectivity index (χ1v) is 12.7. The summed E-state index contributed by atoms with van der Waals surface area (Å²) in [4.78, 5) is 24.9. The molecule has 1 fully saturated rings. The number of carbonyl (C=O) groups is 1. The second-order valence-electron chi connectivity index (χ2n) is 8.20. The lowest BCUT2D eigenvalue weighted by molar-refractivity contribution is 0.175. The molecule has 0 unspecified atom stereocenters. The van der Waals surface area contributed by atoms with Gasteiger partial charge in [-0.25, -0.2) is 9.79 Å². The molecule has 4 rings (SSSR count). The molecule has 0 radical (unpaired) electrons. The van der Waals surface area contributed by atoms with Crippen LogP contribution in [0.5, 0.6) is 11.5 Å². The molecule has 1 N–H and O–H groups in total. The summed E-state index contributed by atoms with van der Waals surface area (Å²) in [6.45, 7) is 3.28. The van der Waals surface area contributed by atoms with E-state index in [9.17, 15) is 4.79 Å². The van der Waals surface area contributed by atoms with Crippen LogP contribution in [0.3, 0.4) is 0 Å². The van der Waals surface area contributed by atoms with Gasteiger partial charge in [0.1, 0.15) is 16.5 Å². The molecule has 0 aromatic heterocycles. The zero-order chi connectivity index (χ0) is 24.1. The Balaban J connectivity index is 1.48. The number of nitrogens with zero attached hydrogens (tertiary/aromatic N) is 3. The molecule has 34 heavy (non-hydrogen) atoms. The van der Waals surface area contributed by atoms with Gasteiger partial charge in [-0.2, -0.15) is 0 Å². The molecule has 0 atom stereocenters. The van der Waals surface area contributed by atoms with Crippen molar-refractivity contribution in [3.05, 3.63) is 53.1 Å². The van der Waals surface area contributed by atoms with Gasteiger partial charge in [0, 0.05) is 36.5 Å². The monoisotopic (exact) mass is 500 g/mol. The Bertz CT molecular complexity index is 1100. The number of halogens is 1. The van der Waals surface area contributed by atoms with Gasteiger partial charge >= 0.3 is 6.03 Å². The number of hydrogen-bond donors (Lipinski definition) is 1. The lowest BCUT2D eigenvalue weighted by Crippen LogP contribution is -2.46. The van der Waals surface area contributed by atoms with Gasteiger partial charge in [0.2, 0.25) is 0 Å². The van der Waals surface area contributed by atoms with Crippen molar-refractivity contribution in [3.8, 4) is 11.5 Å². The van der Waals surface area contributed by atoms with E-state index in [-0.39, 0.29) is 6.03 Å². The standard InChI is InChI=1S/C25H29ClN4O3S/c1-4-15-34-23-22(17-5-8-19(32-2)9-6-17)28-25(29-23)11-13-30(14-12-25)24(31)27-20-16-18(26)7-10-21(20)33-3/h5-10,16H,4,11-15H2,1-3H3,(H,27,31). The number of amides is 2. The molecule has 0 saturated carbocycles. The van der Waals surface area contributed by atoms with Crippen LogP contribution in [0.2, 0.25) is 5.02 Å². The van der Waals surface area contributed by atoms with Gasteiger partial charge in [0.15, 0.2) is 5.66 Å². The van der Waals surface area contributed by atoms with Crippen molar-refractivity contribution in [2.45, 2.75) is 31.8 Å². The summed E-state index contributed by atoms with van der Waals surface area (Å²) in [5, 5.41) is 4.44. The minimum Gasteiger partial charge on any atom is -0.497 e. The van der Waals surface area contributed by atoms with Crippen molar-refractivity contribution < 1.29 is 14.3 Å². The SMILES string of the molecule is CCCSC1=NC2(CCN(C(=O)Nc3cc(Cl)ccc3OC)CC2)N=C1c1ccc(OC)cc1. The van der Waals surface area contributed by atoms with Gasteiger partial charge in [-0.1, -0.05) is 18.5 Å². The molecule has 2 amide bonds. The molecule has 0 aliphatic carbocycles. The number of methoxy groups -OCH3 is 2. The van der Waals surface area contributed by atoms with Crippen LogP contribution in [0.25, 0.3) is 0 Å². The Morgan fingerprint density at radius 3 is 2.50 bits per heavy atom. The Kier molecular flexibility index (Phi) is 7.68. The van der Waals surface area contributed by atoms with Gasteiger partial charge in [-0.05, 0) is 54.6 Å². The van der Waals surface area contributed by atoms with Gasteiger partial charge in [-0.3, -0.25) is 4.99 Å². The minimum atomic E-state index is -0.518. The second kappa shape index (κ2) is 10.7. The molecule has 2 aliphatic heterocycles. The lowest BCUT2D eigenvalue weighted by atomic mass is 9.98. The van der Waals surface area contributed by atoms with Crippen molar-refractivity contribution >= 4 is 45.8 Å². The summed E-state index contributed by atoms with van der Waals surface area (Å²) >= 11 is 7.84. The fraction of sp³-hybridized carbons (Fsp3) is 0.400. The molecule has 180 valence electrons. The first kappa shape index (κ1) is 24.4. The van der Waals surface area contributed by atoms with Crippen LogP contribution in [0, 0.1) is 0 Å². The Morgan fingerprint density at radius 2 is 1.85 bits per heavy atom. The number of thioether (sulfide) groups is 1. The molecule has 2 aromatic carbocycles. The van der Waals surface area contributed by atoms with Gasteiger partial charge in [-0.15, -0.1) is 11.8 Å². The van der Waals surface area contributed by atoms with Gasteiger partial charge in [0.25, 0.3) is 0 Å². The predicted molar refractivity (Wildman–Crippen MR) is 140 cm³/mol. The summed E-state index contributed by atoms with van der Waals surface area (Å²) in [5.74, 6) is 2.37. The normalized spacial score (nSPS) is 16.8. The number of likely N-dealkylation sites (tertiary alicyclic amines) is 1. The molecule has 0 bridgehead atoms. The van der Waals surface area contributed by atoms with Crippen molar-refractivity contribution in [2.24, 2.45) is 9.98 Å². The number of rotatable bonds is 6. The zero-order valence-electron chi connectivity index (χ0n) is 19.6.